The summed E-state index contributed by atoms with van der Waals surface area (Å²) in [5.74, 6) is 1.76. The molecular weight excluding hydrogens is 246 g/mol. The normalized spacial score (nSPS) is 26.7. The molecular formula is C13H19N3O3. The van der Waals surface area contributed by atoms with E-state index in [1.165, 1.54) is 12.8 Å². The van der Waals surface area contributed by atoms with E-state index in [-0.39, 0.29) is 0 Å². The molecule has 1 aliphatic carbocycles. The van der Waals surface area contributed by atoms with Crippen LogP contribution >= 0.6 is 0 Å². The summed E-state index contributed by atoms with van der Waals surface area (Å²) in [5.41, 5.74) is 6.36. The molecule has 2 unspecified atom stereocenters. The predicted molar refractivity (Wildman–Crippen MR) is 71.1 cm³/mol. The van der Waals surface area contributed by atoms with E-state index in [4.69, 9.17) is 10.5 Å². The second kappa shape index (κ2) is 4.86. The molecule has 2 heterocycles. The van der Waals surface area contributed by atoms with Crippen LogP contribution in [-0.2, 0) is 0 Å². The second-order valence-corrected chi connectivity index (χ2v) is 5.36. The van der Waals surface area contributed by atoms with Crippen molar-refractivity contribution in [2.45, 2.75) is 25.0 Å². The number of aliphatic hydroxyl groups is 2. The minimum absolute atomic E-state index is 0.375. The first-order chi connectivity index (χ1) is 9.13. The first-order valence-electron chi connectivity index (χ1n) is 6.64. The van der Waals surface area contributed by atoms with Crippen LogP contribution in [0.5, 0.6) is 5.88 Å². The number of aromatic nitrogens is 1. The van der Waals surface area contributed by atoms with E-state index in [0.29, 0.717) is 43.0 Å². The van der Waals surface area contributed by atoms with Gasteiger partial charge in [0.2, 0.25) is 5.88 Å². The van der Waals surface area contributed by atoms with Gasteiger partial charge in [-0.05, 0) is 30.9 Å². The highest BCUT2D eigenvalue weighted by Crippen LogP contribution is 2.31. The van der Waals surface area contributed by atoms with E-state index < -0.39 is 12.2 Å². The molecule has 2 aliphatic rings. The smallest absolute Gasteiger partial charge is 0.239 e. The number of ether oxygens (including phenoxy) is 1. The number of nitrogens with zero attached hydrogens (tertiary/aromatic N) is 2. The number of rotatable bonds is 4. The number of aliphatic hydroxyl groups excluding tert-OH is 2. The van der Waals surface area contributed by atoms with E-state index in [1.54, 1.807) is 12.1 Å². The van der Waals surface area contributed by atoms with Crippen molar-refractivity contribution < 1.29 is 14.9 Å². The third-order valence-electron chi connectivity index (χ3n) is 3.61. The van der Waals surface area contributed by atoms with E-state index >= 15 is 0 Å². The van der Waals surface area contributed by atoms with Crippen molar-refractivity contribution in [1.29, 1.82) is 0 Å². The number of pyridine rings is 1. The van der Waals surface area contributed by atoms with Gasteiger partial charge in [0, 0.05) is 13.1 Å². The third kappa shape index (κ3) is 2.74. The maximum absolute atomic E-state index is 9.56. The summed E-state index contributed by atoms with van der Waals surface area (Å²) in [4.78, 5) is 6.21. The van der Waals surface area contributed by atoms with Gasteiger partial charge in [-0.3, -0.25) is 0 Å². The van der Waals surface area contributed by atoms with Gasteiger partial charge in [-0.15, -0.1) is 0 Å². The zero-order valence-corrected chi connectivity index (χ0v) is 10.7. The van der Waals surface area contributed by atoms with E-state index in [2.05, 4.69) is 4.98 Å². The quantitative estimate of drug-likeness (QED) is 0.709. The van der Waals surface area contributed by atoms with Crippen LogP contribution in [0.15, 0.2) is 12.1 Å². The molecule has 1 aliphatic heterocycles. The third-order valence-corrected chi connectivity index (χ3v) is 3.61. The maximum atomic E-state index is 9.56. The molecule has 3 rings (SSSR count). The summed E-state index contributed by atoms with van der Waals surface area (Å²) in [5, 5.41) is 19.1. The van der Waals surface area contributed by atoms with Gasteiger partial charge < -0.3 is 25.6 Å². The Morgan fingerprint density at radius 1 is 1.26 bits per heavy atom. The van der Waals surface area contributed by atoms with Crippen molar-refractivity contribution in [3.8, 4) is 5.88 Å². The molecule has 0 spiro atoms. The van der Waals surface area contributed by atoms with Gasteiger partial charge in [0.15, 0.2) is 0 Å². The lowest BCUT2D eigenvalue weighted by molar-refractivity contribution is 0.0572. The molecule has 19 heavy (non-hydrogen) atoms. The molecule has 1 saturated heterocycles. The van der Waals surface area contributed by atoms with Crippen LogP contribution in [0.3, 0.4) is 0 Å². The largest absolute Gasteiger partial charge is 0.476 e. The zero-order valence-electron chi connectivity index (χ0n) is 10.7. The molecule has 1 aromatic rings. The fourth-order valence-electron chi connectivity index (χ4n) is 2.17. The van der Waals surface area contributed by atoms with Crippen molar-refractivity contribution in [2.75, 3.05) is 30.3 Å². The highest BCUT2D eigenvalue weighted by atomic mass is 16.5. The summed E-state index contributed by atoms with van der Waals surface area (Å²) in [6.45, 7) is 1.41. The lowest BCUT2D eigenvalue weighted by Gasteiger charge is -2.18. The lowest BCUT2D eigenvalue weighted by atomic mass is 10.3. The first kappa shape index (κ1) is 12.5. The van der Waals surface area contributed by atoms with Gasteiger partial charge in [-0.1, -0.05) is 0 Å². The first-order valence-corrected chi connectivity index (χ1v) is 6.64. The Hall–Kier alpha value is -1.53. The number of nitrogens with two attached hydrogens (primary N) is 1. The van der Waals surface area contributed by atoms with Crippen molar-refractivity contribution in [3.05, 3.63) is 12.1 Å². The standard InChI is InChI=1S/C13H19N3O3/c14-9-3-4-12(16-5-10(17)11(18)6-16)15-13(9)19-7-8-1-2-8/h3-4,8,10-11,17-18H,1-2,5-7,14H2. The van der Waals surface area contributed by atoms with Gasteiger partial charge >= 0.3 is 0 Å². The molecule has 0 bridgehead atoms. The number of β-amino-alcohol motifs (C(OH)–C–C–N with tert-alkyl or cyclic N) is 2. The van der Waals surface area contributed by atoms with E-state index in [1.807, 2.05) is 4.90 Å². The predicted octanol–water partition coefficient (Wildman–Crippen LogP) is -0.00560. The van der Waals surface area contributed by atoms with E-state index in [0.717, 1.165) is 0 Å². The number of nitrogen functional groups attached to an aromatic ring is 1. The lowest BCUT2D eigenvalue weighted by Crippen LogP contribution is -2.22. The summed E-state index contributed by atoms with van der Waals surface area (Å²) >= 11 is 0. The molecule has 6 heteroatoms. The highest BCUT2D eigenvalue weighted by molar-refractivity contribution is 5.55. The van der Waals surface area contributed by atoms with Crippen LogP contribution in [0.4, 0.5) is 11.5 Å². The molecule has 1 saturated carbocycles. The van der Waals surface area contributed by atoms with Crippen LogP contribution < -0.4 is 15.4 Å². The van der Waals surface area contributed by atoms with Crippen LogP contribution in [-0.4, -0.2) is 47.1 Å². The minimum Gasteiger partial charge on any atom is -0.476 e. The Bertz CT molecular complexity index is 454. The number of hydrogen-bond acceptors (Lipinski definition) is 6. The molecule has 1 aromatic heterocycles. The fourth-order valence-corrected chi connectivity index (χ4v) is 2.17. The van der Waals surface area contributed by atoms with Gasteiger partial charge in [0.25, 0.3) is 0 Å². The Kier molecular flexibility index (Phi) is 3.20. The molecule has 6 nitrogen and oxygen atoms in total. The minimum atomic E-state index is -0.727. The van der Waals surface area contributed by atoms with Crippen LogP contribution in [0.2, 0.25) is 0 Å². The summed E-state index contributed by atoms with van der Waals surface area (Å²) < 4.78 is 5.63. The second-order valence-electron chi connectivity index (χ2n) is 5.36. The van der Waals surface area contributed by atoms with Gasteiger partial charge in [0.05, 0.1) is 24.5 Å². The van der Waals surface area contributed by atoms with Crippen LogP contribution in [0.1, 0.15) is 12.8 Å². The van der Waals surface area contributed by atoms with E-state index in [9.17, 15) is 10.2 Å². The highest BCUT2D eigenvalue weighted by Gasteiger charge is 2.30. The molecule has 4 N–H and O–H groups in total. The molecule has 2 fully saturated rings. The van der Waals surface area contributed by atoms with Crippen molar-refractivity contribution in [3.63, 3.8) is 0 Å². The van der Waals surface area contributed by atoms with Crippen LogP contribution in [0.25, 0.3) is 0 Å². The Morgan fingerprint density at radius 3 is 2.58 bits per heavy atom. The molecule has 0 radical (unpaired) electrons. The van der Waals surface area contributed by atoms with Crippen LogP contribution in [0, 0.1) is 5.92 Å². The van der Waals surface area contributed by atoms with Gasteiger partial charge in [-0.2, -0.15) is 4.98 Å². The molecule has 0 amide bonds. The number of hydrogen-bond donors (Lipinski definition) is 3. The Balaban J connectivity index is 1.72. The van der Waals surface area contributed by atoms with Gasteiger partial charge in [0.1, 0.15) is 5.82 Å². The topological polar surface area (TPSA) is 91.8 Å². The molecule has 2 atom stereocenters. The Labute approximate surface area is 111 Å². The summed E-state index contributed by atoms with van der Waals surface area (Å²) in [6.07, 6.45) is 0.971. The Morgan fingerprint density at radius 2 is 1.95 bits per heavy atom. The van der Waals surface area contributed by atoms with Gasteiger partial charge in [-0.25, -0.2) is 0 Å². The summed E-state index contributed by atoms with van der Waals surface area (Å²) in [6, 6.07) is 3.53. The average molecular weight is 265 g/mol. The maximum Gasteiger partial charge on any atom is 0.239 e. The van der Waals surface area contributed by atoms with Crippen molar-refractivity contribution >= 4 is 11.5 Å². The SMILES string of the molecule is Nc1ccc(N2CC(O)C(O)C2)nc1OCC1CC1. The van der Waals surface area contributed by atoms with Crippen molar-refractivity contribution in [2.24, 2.45) is 5.92 Å². The zero-order chi connectivity index (χ0) is 13.4. The summed E-state index contributed by atoms with van der Waals surface area (Å²) in [7, 11) is 0. The monoisotopic (exact) mass is 265 g/mol. The fraction of sp³-hybridized carbons (Fsp3) is 0.615. The average Bonchev–Trinajstić information content (AvgIpc) is 3.15. The number of anilines is 2. The van der Waals surface area contributed by atoms with Crippen molar-refractivity contribution in [1.82, 2.24) is 4.98 Å². The molecule has 0 aromatic carbocycles. The molecule has 104 valence electrons.